The van der Waals surface area contributed by atoms with Crippen LogP contribution in [0, 0.1) is 3.57 Å². The van der Waals surface area contributed by atoms with Crippen LogP contribution in [-0.2, 0) is 21.8 Å². The molecular formula is C15H18FeINO2. The van der Waals surface area contributed by atoms with E-state index >= 15 is 0 Å². The summed E-state index contributed by atoms with van der Waals surface area (Å²) in [6.45, 7) is 5.49. The van der Waals surface area contributed by atoms with Gasteiger partial charge in [-0.1, -0.05) is 3.57 Å². The predicted octanol–water partition coefficient (Wildman–Crippen LogP) is 4.76. The Kier molecular flexibility index (Phi) is 8.85. The molecule has 0 aliphatic carbocycles. The van der Waals surface area contributed by atoms with Gasteiger partial charge < -0.3 is 10.1 Å². The molecule has 0 aliphatic heterocycles. The number of ether oxygens (including phenoxy) is 1. The average molecular weight is 427 g/mol. The van der Waals surface area contributed by atoms with Gasteiger partial charge in [-0.3, -0.25) is 4.79 Å². The van der Waals surface area contributed by atoms with Crippen molar-refractivity contribution in [2.75, 3.05) is 5.32 Å². The van der Waals surface area contributed by atoms with Crippen LogP contribution in [0.3, 0.4) is 0 Å². The summed E-state index contributed by atoms with van der Waals surface area (Å²) in [6, 6.07) is 15.5. The van der Waals surface area contributed by atoms with Gasteiger partial charge in [-0.15, -0.1) is 34.7 Å². The fourth-order valence-electron chi connectivity index (χ4n) is 1.23. The standard InChI is InChI=1S/C10H14NO2.C5H4I.Fe/c1-10(2,3)13-9(12)11-8-6-4-5-7-8;6-5-3-1-2-4-5;/h4-7H,1-3H3,(H,11,12);1-4H;/q2*-1;+2. The number of carbonyl (C=O) groups excluding carboxylic acids is 1. The minimum absolute atomic E-state index is 0. The zero-order valence-corrected chi connectivity index (χ0v) is 14.9. The van der Waals surface area contributed by atoms with Crippen LogP contribution >= 0.6 is 22.6 Å². The minimum atomic E-state index is -0.448. The second kappa shape index (κ2) is 9.21. The Hall–Kier alpha value is -0.781. The molecule has 0 bridgehead atoms. The van der Waals surface area contributed by atoms with E-state index in [0.717, 1.165) is 5.69 Å². The van der Waals surface area contributed by atoms with E-state index in [9.17, 15) is 4.79 Å². The number of hydrogen-bond acceptors (Lipinski definition) is 2. The maximum Gasteiger partial charge on any atom is 2.00 e. The van der Waals surface area contributed by atoms with Crippen molar-refractivity contribution in [2.45, 2.75) is 26.4 Å². The summed E-state index contributed by atoms with van der Waals surface area (Å²) in [5, 5.41) is 2.62. The smallest absolute Gasteiger partial charge is 0.487 e. The van der Waals surface area contributed by atoms with Crippen molar-refractivity contribution in [1.29, 1.82) is 0 Å². The second-order valence-electron chi connectivity index (χ2n) is 4.90. The van der Waals surface area contributed by atoms with E-state index in [1.165, 1.54) is 3.57 Å². The van der Waals surface area contributed by atoms with Gasteiger partial charge >= 0.3 is 23.2 Å². The maximum atomic E-state index is 11.2. The van der Waals surface area contributed by atoms with Crippen LogP contribution < -0.4 is 5.32 Å². The zero-order valence-electron chi connectivity index (χ0n) is 11.7. The molecule has 110 valence electrons. The van der Waals surface area contributed by atoms with Crippen LogP contribution in [0.15, 0.2) is 48.5 Å². The van der Waals surface area contributed by atoms with Crippen LogP contribution in [-0.4, -0.2) is 11.7 Å². The molecule has 0 unspecified atom stereocenters. The summed E-state index contributed by atoms with van der Waals surface area (Å²) >= 11 is 2.28. The fourth-order valence-corrected chi connectivity index (χ4v) is 1.64. The van der Waals surface area contributed by atoms with Crippen LogP contribution in [0.5, 0.6) is 0 Å². The summed E-state index contributed by atoms with van der Waals surface area (Å²) in [4.78, 5) is 11.2. The molecule has 0 saturated heterocycles. The number of hydrogen-bond donors (Lipinski definition) is 1. The molecule has 2 aromatic rings. The van der Waals surface area contributed by atoms with Gasteiger partial charge in [0.15, 0.2) is 0 Å². The summed E-state index contributed by atoms with van der Waals surface area (Å²) in [6.07, 6.45) is -0.418. The summed E-state index contributed by atoms with van der Waals surface area (Å²) < 4.78 is 6.37. The molecular weight excluding hydrogens is 409 g/mol. The van der Waals surface area contributed by atoms with E-state index in [1.807, 2.05) is 57.2 Å². The van der Waals surface area contributed by atoms with Gasteiger partial charge in [-0.25, -0.2) is 12.1 Å². The monoisotopic (exact) mass is 427 g/mol. The zero-order chi connectivity index (χ0) is 14.3. The van der Waals surface area contributed by atoms with Crippen molar-refractivity contribution in [3.05, 3.63) is 52.1 Å². The largest absolute Gasteiger partial charge is 2.00 e. The number of nitrogens with one attached hydrogen (secondary N) is 1. The fraction of sp³-hybridized carbons (Fsp3) is 0.267. The van der Waals surface area contributed by atoms with Crippen LogP contribution in [0.1, 0.15) is 20.8 Å². The minimum Gasteiger partial charge on any atom is -0.487 e. The average Bonchev–Trinajstić information content (AvgIpc) is 2.89. The predicted molar refractivity (Wildman–Crippen MR) is 86.6 cm³/mol. The van der Waals surface area contributed by atoms with Crippen molar-refractivity contribution in [3.8, 4) is 0 Å². The first kappa shape index (κ1) is 19.2. The van der Waals surface area contributed by atoms with Crippen LogP contribution in [0.4, 0.5) is 10.5 Å². The third kappa shape index (κ3) is 9.18. The Bertz CT molecular complexity index is 472. The van der Waals surface area contributed by atoms with E-state index in [-0.39, 0.29) is 17.1 Å². The molecule has 0 aromatic heterocycles. The SMILES string of the molecule is CC(C)(C)OC(=O)N[c-]1cccc1.I[c-]1cccc1.[Fe+2]. The van der Waals surface area contributed by atoms with Crippen LogP contribution in [0.2, 0.25) is 0 Å². The van der Waals surface area contributed by atoms with Crippen molar-refractivity contribution in [2.24, 2.45) is 0 Å². The van der Waals surface area contributed by atoms with Gasteiger partial charge in [-0.2, -0.15) is 24.3 Å². The summed E-state index contributed by atoms with van der Waals surface area (Å²) in [5.41, 5.74) is 0.311. The molecule has 5 heteroatoms. The van der Waals surface area contributed by atoms with Crippen molar-refractivity contribution >= 4 is 34.4 Å². The topological polar surface area (TPSA) is 38.3 Å². The molecule has 1 N–H and O–H groups in total. The second-order valence-corrected chi connectivity index (χ2v) is 6.15. The number of amides is 1. The molecule has 1 amide bonds. The van der Waals surface area contributed by atoms with E-state index in [1.54, 1.807) is 0 Å². The van der Waals surface area contributed by atoms with Crippen LogP contribution in [0.25, 0.3) is 0 Å². The molecule has 0 fully saturated rings. The Balaban J connectivity index is 0.000000434. The van der Waals surface area contributed by atoms with Gasteiger partial charge in [0.05, 0.1) is 5.60 Å². The maximum absolute atomic E-state index is 11.2. The number of carbonyl (C=O) groups is 1. The van der Waals surface area contributed by atoms with E-state index < -0.39 is 11.7 Å². The molecule has 2 aromatic carbocycles. The number of anilines is 1. The summed E-state index contributed by atoms with van der Waals surface area (Å²) in [5.74, 6) is 0. The molecule has 0 saturated carbocycles. The van der Waals surface area contributed by atoms with Gasteiger partial charge in [-0.05, 0) is 26.5 Å². The first-order valence-electron chi connectivity index (χ1n) is 5.96. The van der Waals surface area contributed by atoms with Crippen molar-refractivity contribution in [3.63, 3.8) is 0 Å². The first-order valence-corrected chi connectivity index (χ1v) is 7.03. The number of halogens is 1. The molecule has 0 spiro atoms. The molecule has 0 atom stereocenters. The molecule has 0 radical (unpaired) electrons. The van der Waals surface area contributed by atoms with E-state index in [0.29, 0.717) is 0 Å². The molecule has 0 aliphatic rings. The Labute approximate surface area is 144 Å². The quantitative estimate of drug-likeness (QED) is 0.405. The van der Waals surface area contributed by atoms with Gasteiger partial charge in [0.1, 0.15) is 0 Å². The summed E-state index contributed by atoms with van der Waals surface area (Å²) in [7, 11) is 0. The first-order chi connectivity index (χ1) is 8.87. The molecule has 0 heterocycles. The normalized spacial score (nSPS) is 9.80. The Morgan fingerprint density at radius 1 is 1.05 bits per heavy atom. The van der Waals surface area contributed by atoms with Crippen molar-refractivity contribution < 1.29 is 26.6 Å². The molecule has 3 nitrogen and oxygen atoms in total. The van der Waals surface area contributed by atoms with Crippen molar-refractivity contribution in [1.82, 2.24) is 0 Å². The number of rotatable bonds is 1. The van der Waals surface area contributed by atoms with Gasteiger partial charge in [0.25, 0.3) is 0 Å². The Morgan fingerprint density at radius 2 is 1.50 bits per heavy atom. The molecule has 20 heavy (non-hydrogen) atoms. The van der Waals surface area contributed by atoms with Gasteiger partial charge in [0.2, 0.25) is 0 Å². The third-order valence-electron chi connectivity index (χ3n) is 1.93. The third-order valence-corrected chi connectivity index (χ3v) is 2.65. The molecule has 2 rings (SSSR count). The van der Waals surface area contributed by atoms with E-state index in [2.05, 4.69) is 40.0 Å². The Morgan fingerprint density at radius 3 is 1.85 bits per heavy atom. The van der Waals surface area contributed by atoms with E-state index in [4.69, 9.17) is 4.74 Å². The van der Waals surface area contributed by atoms with Gasteiger partial charge in [0, 0.05) is 0 Å².